The number of rotatable bonds is 3. The van der Waals surface area contributed by atoms with Gasteiger partial charge in [0.15, 0.2) is 0 Å². The molecule has 0 spiro atoms. The molecule has 0 fully saturated rings. The number of imidazole rings is 1. The van der Waals surface area contributed by atoms with E-state index in [0.29, 0.717) is 5.92 Å². The third kappa shape index (κ3) is 1.82. The van der Waals surface area contributed by atoms with E-state index in [1.165, 1.54) is 24.4 Å². The van der Waals surface area contributed by atoms with Crippen molar-refractivity contribution in [3.05, 3.63) is 17.7 Å². The van der Waals surface area contributed by atoms with Gasteiger partial charge in [0.25, 0.3) is 0 Å². The minimum absolute atomic E-state index is 0.625. The van der Waals surface area contributed by atoms with Gasteiger partial charge in [0, 0.05) is 32.2 Å². The maximum atomic E-state index is 5.06. The van der Waals surface area contributed by atoms with Crippen molar-refractivity contribution in [3.8, 4) is 0 Å². The average molecular weight is 194 g/mol. The highest BCUT2D eigenvalue weighted by Crippen LogP contribution is 2.25. The van der Waals surface area contributed by atoms with E-state index < -0.39 is 0 Å². The summed E-state index contributed by atoms with van der Waals surface area (Å²) in [6, 6.07) is 0. The molecule has 1 aliphatic heterocycles. The Morgan fingerprint density at radius 2 is 2.50 bits per heavy atom. The molecule has 0 aromatic carbocycles. The minimum atomic E-state index is 0.625. The van der Waals surface area contributed by atoms with Gasteiger partial charge in [-0.2, -0.15) is 0 Å². The molecular formula is C11H18N2O. The molecule has 1 aliphatic rings. The van der Waals surface area contributed by atoms with E-state index in [2.05, 4.69) is 22.7 Å². The third-order valence-electron chi connectivity index (χ3n) is 2.90. The maximum absolute atomic E-state index is 5.06. The zero-order valence-corrected chi connectivity index (χ0v) is 8.99. The summed E-state index contributed by atoms with van der Waals surface area (Å²) in [5.74, 6) is 1.89. The van der Waals surface area contributed by atoms with Crippen LogP contribution in [0.2, 0.25) is 0 Å². The van der Waals surface area contributed by atoms with E-state index in [4.69, 9.17) is 4.74 Å². The highest BCUT2D eigenvalue weighted by molar-refractivity contribution is 5.09. The molecule has 1 aromatic heterocycles. The van der Waals surface area contributed by atoms with Gasteiger partial charge in [-0.1, -0.05) is 6.92 Å². The van der Waals surface area contributed by atoms with Crippen molar-refractivity contribution in [2.24, 2.45) is 0 Å². The molecule has 0 bridgehead atoms. The van der Waals surface area contributed by atoms with Crippen LogP contribution in [0.1, 0.15) is 37.2 Å². The summed E-state index contributed by atoms with van der Waals surface area (Å²) in [5, 5.41) is 0. The Balaban J connectivity index is 2.13. The first-order chi connectivity index (χ1) is 6.81. The molecule has 0 amide bonds. The van der Waals surface area contributed by atoms with Gasteiger partial charge < -0.3 is 9.30 Å². The van der Waals surface area contributed by atoms with Gasteiger partial charge in [0.2, 0.25) is 0 Å². The Labute approximate surface area is 85.1 Å². The number of hydrogen-bond acceptors (Lipinski definition) is 2. The van der Waals surface area contributed by atoms with Crippen LogP contribution >= 0.6 is 0 Å². The van der Waals surface area contributed by atoms with Crippen LogP contribution < -0.4 is 0 Å². The zero-order valence-electron chi connectivity index (χ0n) is 8.99. The standard InChI is InChI=1S/C11H18N2O/c1-9-4-3-6-13-8-10(5-7-14-2)12-11(9)13/h8-9H,3-7H2,1-2H3. The molecule has 0 radical (unpaired) electrons. The molecule has 3 heteroatoms. The molecule has 1 aromatic rings. The number of aromatic nitrogens is 2. The molecule has 1 unspecified atom stereocenters. The summed E-state index contributed by atoms with van der Waals surface area (Å²) >= 11 is 0. The molecule has 0 saturated carbocycles. The van der Waals surface area contributed by atoms with Gasteiger partial charge >= 0.3 is 0 Å². The fourth-order valence-electron chi connectivity index (χ4n) is 2.08. The molecule has 1 atom stereocenters. The number of nitrogens with zero attached hydrogens (tertiary/aromatic N) is 2. The summed E-state index contributed by atoms with van der Waals surface area (Å²) in [5.41, 5.74) is 1.18. The van der Waals surface area contributed by atoms with Gasteiger partial charge in [0.1, 0.15) is 5.82 Å². The topological polar surface area (TPSA) is 27.1 Å². The normalized spacial score (nSPS) is 20.9. The monoisotopic (exact) mass is 194 g/mol. The predicted octanol–water partition coefficient (Wildman–Crippen LogP) is 1.97. The average Bonchev–Trinajstić information content (AvgIpc) is 2.59. The number of aryl methyl sites for hydroxylation is 1. The van der Waals surface area contributed by atoms with E-state index in [-0.39, 0.29) is 0 Å². The second-order valence-electron chi connectivity index (χ2n) is 4.07. The SMILES string of the molecule is COCCc1cn2c(n1)C(C)CCC2. The van der Waals surface area contributed by atoms with Gasteiger partial charge in [0.05, 0.1) is 12.3 Å². The van der Waals surface area contributed by atoms with Crippen LogP contribution in [0.4, 0.5) is 0 Å². The van der Waals surface area contributed by atoms with Crippen LogP contribution in [0.3, 0.4) is 0 Å². The first kappa shape index (κ1) is 9.71. The molecule has 3 nitrogen and oxygen atoms in total. The lowest BCUT2D eigenvalue weighted by Crippen LogP contribution is -2.12. The highest BCUT2D eigenvalue weighted by atomic mass is 16.5. The van der Waals surface area contributed by atoms with Gasteiger partial charge in [-0.15, -0.1) is 0 Å². The largest absolute Gasteiger partial charge is 0.384 e. The molecule has 0 aliphatic carbocycles. The van der Waals surface area contributed by atoms with E-state index >= 15 is 0 Å². The first-order valence-corrected chi connectivity index (χ1v) is 5.36. The minimum Gasteiger partial charge on any atom is -0.384 e. The lowest BCUT2D eigenvalue weighted by molar-refractivity contribution is 0.201. The van der Waals surface area contributed by atoms with Gasteiger partial charge in [-0.05, 0) is 12.8 Å². The van der Waals surface area contributed by atoms with Crippen LogP contribution in [-0.4, -0.2) is 23.3 Å². The molecule has 0 N–H and O–H groups in total. The summed E-state index contributed by atoms with van der Waals surface area (Å²) in [7, 11) is 1.73. The van der Waals surface area contributed by atoms with Crippen LogP contribution in [-0.2, 0) is 17.7 Å². The smallest absolute Gasteiger partial charge is 0.111 e. The van der Waals surface area contributed by atoms with Crippen molar-refractivity contribution in [3.63, 3.8) is 0 Å². The van der Waals surface area contributed by atoms with Gasteiger partial charge in [-0.25, -0.2) is 4.98 Å². The molecule has 78 valence electrons. The second kappa shape index (κ2) is 4.13. The Bertz CT molecular complexity index is 306. The maximum Gasteiger partial charge on any atom is 0.111 e. The van der Waals surface area contributed by atoms with Crippen molar-refractivity contribution in [2.75, 3.05) is 13.7 Å². The van der Waals surface area contributed by atoms with Crippen molar-refractivity contribution in [1.82, 2.24) is 9.55 Å². The fraction of sp³-hybridized carbons (Fsp3) is 0.727. The predicted molar refractivity (Wildman–Crippen MR) is 55.5 cm³/mol. The van der Waals surface area contributed by atoms with E-state index in [1.54, 1.807) is 7.11 Å². The van der Waals surface area contributed by atoms with Crippen LogP contribution in [0.25, 0.3) is 0 Å². The number of methoxy groups -OCH3 is 1. The second-order valence-corrected chi connectivity index (χ2v) is 4.07. The number of fused-ring (bicyclic) bond motifs is 1. The Kier molecular flexibility index (Phi) is 2.87. The molecule has 2 rings (SSSR count). The summed E-state index contributed by atoms with van der Waals surface area (Å²) in [6.45, 7) is 4.17. The number of hydrogen-bond donors (Lipinski definition) is 0. The van der Waals surface area contributed by atoms with Crippen molar-refractivity contribution in [2.45, 2.75) is 38.6 Å². The molecule has 14 heavy (non-hydrogen) atoms. The summed E-state index contributed by atoms with van der Waals surface area (Å²) in [4.78, 5) is 4.65. The Hall–Kier alpha value is -0.830. The lowest BCUT2D eigenvalue weighted by atomic mass is 10.0. The van der Waals surface area contributed by atoms with E-state index in [1.807, 2.05) is 0 Å². The first-order valence-electron chi connectivity index (χ1n) is 5.36. The molecule has 0 saturated heterocycles. The van der Waals surface area contributed by atoms with E-state index in [0.717, 1.165) is 19.6 Å². The van der Waals surface area contributed by atoms with E-state index in [9.17, 15) is 0 Å². The van der Waals surface area contributed by atoms with Gasteiger partial charge in [-0.3, -0.25) is 0 Å². The van der Waals surface area contributed by atoms with Crippen molar-refractivity contribution < 1.29 is 4.74 Å². The summed E-state index contributed by atoms with van der Waals surface area (Å²) < 4.78 is 7.36. The Morgan fingerprint density at radius 3 is 3.21 bits per heavy atom. The zero-order chi connectivity index (χ0) is 9.97. The molecule has 2 heterocycles. The number of ether oxygens (including phenoxy) is 1. The van der Waals surface area contributed by atoms with Crippen LogP contribution in [0.5, 0.6) is 0 Å². The van der Waals surface area contributed by atoms with Crippen LogP contribution in [0, 0.1) is 0 Å². The lowest BCUT2D eigenvalue weighted by Gasteiger charge is -2.19. The van der Waals surface area contributed by atoms with Crippen molar-refractivity contribution >= 4 is 0 Å². The molecular weight excluding hydrogens is 176 g/mol. The summed E-state index contributed by atoms with van der Waals surface area (Å²) in [6.07, 6.45) is 5.68. The fourth-order valence-corrected chi connectivity index (χ4v) is 2.08. The quantitative estimate of drug-likeness (QED) is 0.735. The van der Waals surface area contributed by atoms with Crippen molar-refractivity contribution in [1.29, 1.82) is 0 Å². The third-order valence-corrected chi connectivity index (χ3v) is 2.90. The highest BCUT2D eigenvalue weighted by Gasteiger charge is 2.18. The Morgan fingerprint density at radius 1 is 1.64 bits per heavy atom. The van der Waals surface area contributed by atoms with Crippen LogP contribution in [0.15, 0.2) is 6.20 Å².